The SMILES string of the molecule is CN(OC=O)C(=O)CC=O. The molecule has 0 heterocycles. The fourth-order valence-corrected chi connectivity index (χ4v) is 0.323. The van der Waals surface area contributed by atoms with E-state index in [0.717, 1.165) is 0 Å². The first-order valence-electron chi connectivity index (χ1n) is 2.53. The van der Waals surface area contributed by atoms with Crippen LogP contribution in [-0.2, 0) is 19.2 Å². The molecule has 0 fully saturated rings. The molecule has 0 aliphatic carbocycles. The van der Waals surface area contributed by atoms with Crippen molar-refractivity contribution in [3.05, 3.63) is 0 Å². The molecule has 0 aromatic heterocycles. The van der Waals surface area contributed by atoms with E-state index in [2.05, 4.69) is 4.84 Å². The van der Waals surface area contributed by atoms with Crippen molar-refractivity contribution >= 4 is 18.7 Å². The van der Waals surface area contributed by atoms with Crippen molar-refractivity contribution in [2.75, 3.05) is 7.05 Å². The van der Waals surface area contributed by atoms with Crippen LogP contribution < -0.4 is 0 Å². The van der Waals surface area contributed by atoms with E-state index in [4.69, 9.17) is 0 Å². The molecule has 0 aromatic rings. The number of hydroxylamine groups is 2. The number of nitrogens with zero attached hydrogens (tertiary/aromatic N) is 1. The summed E-state index contributed by atoms with van der Waals surface area (Å²) in [5.41, 5.74) is 0. The summed E-state index contributed by atoms with van der Waals surface area (Å²) in [6, 6.07) is 0. The summed E-state index contributed by atoms with van der Waals surface area (Å²) in [5.74, 6) is -0.554. The van der Waals surface area contributed by atoms with Gasteiger partial charge in [-0.1, -0.05) is 0 Å². The second kappa shape index (κ2) is 4.49. The highest BCUT2D eigenvalue weighted by atomic mass is 16.7. The van der Waals surface area contributed by atoms with Gasteiger partial charge in [-0.2, -0.15) is 5.06 Å². The Morgan fingerprint density at radius 1 is 1.60 bits per heavy atom. The van der Waals surface area contributed by atoms with E-state index in [-0.39, 0.29) is 12.9 Å². The van der Waals surface area contributed by atoms with Crippen molar-refractivity contribution in [1.82, 2.24) is 5.06 Å². The monoisotopic (exact) mass is 145 g/mol. The largest absolute Gasteiger partial charge is 0.342 e. The summed E-state index contributed by atoms with van der Waals surface area (Å²) in [4.78, 5) is 34.0. The molecule has 56 valence electrons. The topological polar surface area (TPSA) is 63.7 Å². The van der Waals surface area contributed by atoms with Gasteiger partial charge in [0.1, 0.15) is 6.29 Å². The third kappa shape index (κ3) is 2.81. The Balaban J connectivity index is 3.68. The summed E-state index contributed by atoms with van der Waals surface area (Å²) < 4.78 is 0. The first-order valence-corrected chi connectivity index (χ1v) is 2.53. The lowest BCUT2D eigenvalue weighted by Crippen LogP contribution is -2.26. The highest BCUT2D eigenvalue weighted by Gasteiger charge is 2.06. The average Bonchev–Trinajstić information content (AvgIpc) is 1.89. The van der Waals surface area contributed by atoms with E-state index in [1.807, 2.05) is 0 Å². The van der Waals surface area contributed by atoms with Crippen LogP contribution >= 0.6 is 0 Å². The Labute approximate surface area is 57.5 Å². The molecule has 0 bridgehead atoms. The van der Waals surface area contributed by atoms with Gasteiger partial charge in [0.05, 0.1) is 6.42 Å². The number of rotatable bonds is 4. The molecule has 0 aromatic carbocycles. The molecule has 0 aliphatic heterocycles. The molecule has 10 heavy (non-hydrogen) atoms. The van der Waals surface area contributed by atoms with E-state index in [1.165, 1.54) is 7.05 Å². The maximum atomic E-state index is 10.5. The molecule has 0 saturated carbocycles. The summed E-state index contributed by atoms with van der Waals surface area (Å²) in [5, 5.41) is 0.696. The molecular weight excluding hydrogens is 138 g/mol. The Morgan fingerprint density at radius 2 is 2.20 bits per heavy atom. The van der Waals surface area contributed by atoms with Crippen molar-refractivity contribution in [2.45, 2.75) is 6.42 Å². The minimum absolute atomic E-state index is 0.114. The van der Waals surface area contributed by atoms with E-state index in [0.29, 0.717) is 11.3 Å². The van der Waals surface area contributed by atoms with Crippen LogP contribution in [0.2, 0.25) is 0 Å². The van der Waals surface area contributed by atoms with Gasteiger partial charge < -0.3 is 9.63 Å². The van der Waals surface area contributed by atoms with Gasteiger partial charge in [-0.3, -0.25) is 9.59 Å². The smallest absolute Gasteiger partial charge is 0.320 e. The van der Waals surface area contributed by atoms with Crippen molar-refractivity contribution in [3.8, 4) is 0 Å². The molecule has 0 aliphatic rings. The van der Waals surface area contributed by atoms with Gasteiger partial charge in [0.15, 0.2) is 0 Å². The van der Waals surface area contributed by atoms with Crippen LogP contribution in [0.5, 0.6) is 0 Å². The number of aldehydes is 1. The van der Waals surface area contributed by atoms with Crippen LogP contribution in [0.25, 0.3) is 0 Å². The normalized spacial score (nSPS) is 8.10. The van der Waals surface area contributed by atoms with E-state index in [9.17, 15) is 14.4 Å². The molecule has 0 saturated heterocycles. The third-order valence-electron chi connectivity index (χ3n) is 0.810. The van der Waals surface area contributed by atoms with Gasteiger partial charge in [-0.15, -0.1) is 0 Å². The summed E-state index contributed by atoms with van der Waals surface area (Å²) in [6.45, 7) is 0.114. The number of carbonyl (C=O) groups is 3. The molecule has 0 N–H and O–H groups in total. The standard InChI is InChI=1S/C5H7NO4/c1-6(10-4-8)5(9)2-3-7/h3-4H,2H2,1H3. The fourth-order valence-electron chi connectivity index (χ4n) is 0.323. The van der Waals surface area contributed by atoms with E-state index in [1.54, 1.807) is 0 Å². The van der Waals surface area contributed by atoms with Crippen LogP contribution in [0.4, 0.5) is 0 Å². The predicted octanol–water partition coefficient (Wildman–Crippen LogP) is -0.878. The fraction of sp³-hybridized carbons (Fsp3) is 0.400. The van der Waals surface area contributed by atoms with Gasteiger partial charge >= 0.3 is 6.47 Å². The first-order chi connectivity index (χ1) is 4.72. The van der Waals surface area contributed by atoms with Gasteiger partial charge in [0, 0.05) is 7.05 Å². The molecule has 0 rings (SSSR count). The molecule has 1 amide bonds. The number of amides is 1. The van der Waals surface area contributed by atoms with Gasteiger partial charge in [-0.25, -0.2) is 0 Å². The Bertz CT molecular complexity index is 145. The summed E-state index contributed by atoms with van der Waals surface area (Å²) in [6.07, 6.45) is 0.164. The minimum atomic E-state index is -0.554. The summed E-state index contributed by atoms with van der Waals surface area (Å²) in [7, 11) is 1.25. The van der Waals surface area contributed by atoms with E-state index < -0.39 is 5.91 Å². The number of hydrogen-bond acceptors (Lipinski definition) is 4. The van der Waals surface area contributed by atoms with Crippen molar-refractivity contribution < 1.29 is 19.2 Å². The molecule has 5 heteroatoms. The summed E-state index contributed by atoms with van der Waals surface area (Å²) >= 11 is 0. The van der Waals surface area contributed by atoms with Crippen molar-refractivity contribution in [3.63, 3.8) is 0 Å². The predicted molar refractivity (Wildman–Crippen MR) is 30.6 cm³/mol. The van der Waals surface area contributed by atoms with Crippen molar-refractivity contribution in [2.24, 2.45) is 0 Å². The molecule has 0 radical (unpaired) electrons. The quantitative estimate of drug-likeness (QED) is 0.293. The third-order valence-corrected chi connectivity index (χ3v) is 0.810. The molecule has 5 nitrogen and oxygen atoms in total. The van der Waals surface area contributed by atoms with Crippen LogP contribution in [-0.4, -0.2) is 30.8 Å². The van der Waals surface area contributed by atoms with Gasteiger partial charge in [0.25, 0.3) is 5.91 Å². The maximum Gasteiger partial charge on any atom is 0.320 e. The maximum absolute atomic E-state index is 10.5. The second-order valence-corrected chi connectivity index (χ2v) is 1.46. The van der Waals surface area contributed by atoms with Crippen molar-refractivity contribution in [1.29, 1.82) is 0 Å². The number of hydrogen-bond donors (Lipinski definition) is 0. The number of carbonyl (C=O) groups excluding carboxylic acids is 3. The zero-order valence-corrected chi connectivity index (χ0v) is 5.44. The molecule has 0 atom stereocenters. The average molecular weight is 145 g/mol. The van der Waals surface area contributed by atoms with Crippen LogP contribution in [0.1, 0.15) is 6.42 Å². The van der Waals surface area contributed by atoms with Gasteiger partial charge in [0.2, 0.25) is 0 Å². The lowest BCUT2D eigenvalue weighted by molar-refractivity contribution is -0.181. The van der Waals surface area contributed by atoms with Crippen LogP contribution in [0.3, 0.4) is 0 Å². The van der Waals surface area contributed by atoms with Gasteiger partial charge in [-0.05, 0) is 0 Å². The highest BCUT2D eigenvalue weighted by molar-refractivity contribution is 5.87. The van der Waals surface area contributed by atoms with Crippen LogP contribution in [0, 0.1) is 0 Å². The molecular formula is C5H7NO4. The Kier molecular flexibility index (Phi) is 3.86. The van der Waals surface area contributed by atoms with Crippen LogP contribution in [0.15, 0.2) is 0 Å². The Morgan fingerprint density at radius 3 is 2.60 bits per heavy atom. The molecule has 0 spiro atoms. The minimum Gasteiger partial charge on any atom is -0.342 e. The zero-order valence-electron chi connectivity index (χ0n) is 5.44. The highest BCUT2D eigenvalue weighted by Crippen LogP contribution is 1.86. The molecule has 0 unspecified atom stereocenters. The Hall–Kier alpha value is -1.39. The second-order valence-electron chi connectivity index (χ2n) is 1.46. The lowest BCUT2D eigenvalue weighted by Gasteiger charge is -2.09. The lowest BCUT2D eigenvalue weighted by atomic mass is 10.4. The zero-order chi connectivity index (χ0) is 7.98. The first kappa shape index (κ1) is 8.61. The van der Waals surface area contributed by atoms with E-state index >= 15 is 0 Å².